The zero-order chi connectivity index (χ0) is 22.4. The highest BCUT2D eigenvalue weighted by molar-refractivity contribution is 5.99. The largest absolute Gasteiger partial charge is 0.493 e. The molecule has 0 fully saturated rings. The van der Waals surface area contributed by atoms with Crippen molar-refractivity contribution in [1.29, 1.82) is 0 Å². The van der Waals surface area contributed by atoms with E-state index in [2.05, 4.69) is 27.1 Å². The van der Waals surface area contributed by atoms with Gasteiger partial charge in [-0.25, -0.2) is 0 Å². The molecule has 31 heavy (non-hydrogen) atoms. The third-order valence-electron chi connectivity index (χ3n) is 4.38. The quantitative estimate of drug-likeness (QED) is 0.367. The Morgan fingerprint density at radius 2 is 1.81 bits per heavy atom. The maximum Gasteiger partial charge on any atom is 0.314 e. The van der Waals surface area contributed by atoms with Crippen LogP contribution < -0.4 is 9.47 Å². The number of hydrogen-bond acceptors (Lipinski definition) is 8. The molecule has 2 aromatic carbocycles. The van der Waals surface area contributed by atoms with Crippen LogP contribution in [-0.2, 0) is 6.54 Å². The van der Waals surface area contributed by atoms with Crippen molar-refractivity contribution in [2.75, 3.05) is 14.2 Å². The van der Waals surface area contributed by atoms with E-state index in [4.69, 9.17) is 13.9 Å². The molecule has 0 aliphatic carbocycles. The standard InChI is InChI=1S/C21H21F2N5O3/c1-13(16-9-10-17(29-3)18(11-16)30-4)27-28(24-2)12-14-5-7-15(8-6-14)20-25-26-21(31-20)19(22)23/h5-11,19H,2,12H2,1,3-4H3/b27-13+. The van der Waals surface area contributed by atoms with Gasteiger partial charge in [0, 0.05) is 17.8 Å². The summed E-state index contributed by atoms with van der Waals surface area (Å²) in [7, 11) is 3.14. The molecule has 162 valence electrons. The fourth-order valence-electron chi connectivity index (χ4n) is 2.76. The van der Waals surface area contributed by atoms with Gasteiger partial charge in [-0.15, -0.1) is 10.2 Å². The lowest BCUT2D eigenvalue weighted by Crippen LogP contribution is -2.12. The van der Waals surface area contributed by atoms with Crippen LogP contribution in [-0.4, -0.2) is 42.0 Å². The summed E-state index contributed by atoms with van der Waals surface area (Å²) in [6.07, 6.45) is -2.81. The van der Waals surface area contributed by atoms with Crippen LogP contribution in [0, 0.1) is 0 Å². The molecule has 0 aliphatic heterocycles. The van der Waals surface area contributed by atoms with E-state index in [1.54, 1.807) is 44.6 Å². The van der Waals surface area contributed by atoms with Gasteiger partial charge in [-0.2, -0.15) is 24.1 Å². The molecule has 1 heterocycles. The number of benzene rings is 2. The molecule has 8 nitrogen and oxygen atoms in total. The lowest BCUT2D eigenvalue weighted by molar-refractivity contribution is 0.116. The number of methoxy groups -OCH3 is 2. The summed E-state index contributed by atoms with van der Waals surface area (Å²) in [4.78, 5) is 0. The summed E-state index contributed by atoms with van der Waals surface area (Å²) >= 11 is 0. The van der Waals surface area contributed by atoms with Gasteiger partial charge in [0.25, 0.3) is 5.89 Å². The van der Waals surface area contributed by atoms with Crippen LogP contribution in [0.3, 0.4) is 0 Å². The number of halogens is 2. The molecular formula is C21H21F2N5O3. The van der Waals surface area contributed by atoms with Crippen LogP contribution in [0.4, 0.5) is 8.78 Å². The summed E-state index contributed by atoms with van der Waals surface area (Å²) in [5.41, 5.74) is 2.95. The monoisotopic (exact) mass is 429 g/mol. The minimum Gasteiger partial charge on any atom is -0.493 e. The normalized spacial score (nSPS) is 11.5. The van der Waals surface area contributed by atoms with Gasteiger partial charge in [0.15, 0.2) is 11.5 Å². The second-order valence-electron chi connectivity index (χ2n) is 6.37. The van der Waals surface area contributed by atoms with Crippen LogP contribution in [0.1, 0.15) is 30.4 Å². The van der Waals surface area contributed by atoms with E-state index < -0.39 is 12.3 Å². The van der Waals surface area contributed by atoms with E-state index in [-0.39, 0.29) is 5.89 Å². The summed E-state index contributed by atoms with van der Waals surface area (Å²) in [5, 5.41) is 16.9. The molecule has 0 amide bonds. The molecule has 3 aromatic rings. The molecular weight excluding hydrogens is 408 g/mol. The van der Waals surface area contributed by atoms with E-state index in [9.17, 15) is 8.78 Å². The fraction of sp³-hybridized carbons (Fsp3) is 0.238. The Morgan fingerprint density at radius 3 is 2.39 bits per heavy atom. The first-order chi connectivity index (χ1) is 14.9. The minimum absolute atomic E-state index is 0.0304. The minimum atomic E-state index is -2.81. The molecule has 0 unspecified atom stereocenters. The average Bonchev–Trinajstić information content (AvgIpc) is 3.29. The number of rotatable bonds is 9. The summed E-state index contributed by atoms with van der Waals surface area (Å²) < 4.78 is 40.7. The lowest BCUT2D eigenvalue weighted by atomic mass is 10.1. The Bertz CT molecular complexity index is 1070. The fourth-order valence-corrected chi connectivity index (χ4v) is 2.76. The first-order valence-corrected chi connectivity index (χ1v) is 9.17. The van der Waals surface area contributed by atoms with Crippen molar-refractivity contribution in [1.82, 2.24) is 15.3 Å². The molecule has 1 aromatic heterocycles. The summed E-state index contributed by atoms with van der Waals surface area (Å²) in [6, 6.07) is 12.5. The van der Waals surface area contributed by atoms with Crippen molar-refractivity contribution in [3.05, 3.63) is 59.5 Å². The molecule has 0 N–H and O–H groups in total. The molecule has 0 bridgehead atoms. The Hall–Kier alpha value is -3.82. The van der Waals surface area contributed by atoms with Crippen molar-refractivity contribution in [3.8, 4) is 23.0 Å². The van der Waals surface area contributed by atoms with Crippen molar-refractivity contribution in [2.24, 2.45) is 10.2 Å². The molecule has 0 radical (unpaired) electrons. The third-order valence-corrected chi connectivity index (χ3v) is 4.38. The average molecular weight is 429 g/mol. The van der Waals surface area contributed by atoms with Gasteiger partial charge in [-0.1, -0.05) is 12.1 Å². The van der Waals surface area contributed by atoms with Crippen molar-refractivity contribution in [2.45, 2.75) is 19.9 Å². The molecule has 0 spiro atoms. The number of aromatic nitrogens is 2. The maximum absolute atomic E-state index is 12.6. The van der Waals surface area contributed by atoms with Gasteiger partial charge in [0.2, 0.25) is 5.89 Å². The van der Waals surface area contributed by atoms with Gasteiger partial charge in [-0.3, -0.25) is 0 Å². The first-order valence-electron chi connectivity index (χ1n) is 9.17. The predicted octanol–water partition coefficient (Wildman–Crippen LogP) is 4.53. The van der Waals surface area contributed by atoms with E-state index in [0.29, 0.717) is 29.3 Å². The van der Waals surface area contributed by atoms with E-state index >= 15 is 0 Å². The number of ether oxygens (including phenoxy) is 2. The topological polar surface area (TPSA) is 85.3 Å². The Balaban J connectivity index is 1.73. The van der Waals surface area contributed by atoms with Crippen molar-refractivity contribution >= 4 is 12.4 Å². The van der Waals surface area contributed by atoms with E-state index in [1.165, 1.54) is 5.12 Å². The second-order valence-corrected chi connectivity index (χ2v) is 6.37. The predicted molar refractivity (Wildman–Crippen MR) is 112 cm³/mol. The first kappa shape index (κ1) is 21.9. The molecule has 0 saturated heterocycles. The number of hydrazone groups is 2. The van der Waals surface area contributed by atoms with Gasteiger partial charge in [0.05, 0.1) is 26.5 Å². The van der Waals surface area contributed by atoms with E-state index in [0.717, 1.165) is 11.1 Å². The Morgan fingerprint density at radius 1 is 1.10 bits per heavy atom. The van der Waals surface area contributed by atoms with Crippen molar-refractivity contribution in [3.63, 3.8) is 0 Å². The van der Waals surface area contributed by atoms with Crippen molar-refractivity contribution < 1.29 is 22.7 Å². The van der Waals surface area contributed by atoms with E-state index in [1.807, 2.05) is 19.1 Å². The van der Waals surface area contributed by atoms with Crippen LogP contribution in [0.2, 0.25) is 0 Å². The van der Waals surface area contributed by atoms with Gasteiger partial charge < -0.3 is 13.9 Å². The highest BCUT2D eigenvalue weighted by Crippen LogP contribution is 2.28. The summed E-state index contributed by atoms with van der Waals surface area (Å²) in [6.45, 7) is 5.76. The van der Waals surface area contributed by atoms with Crippen LogP contribution in [0.15, 0.2) is 57.1 Å². The molecule has 10 heteroatoms. The smallest absolute Gasteiger partial charge is 0.314 e. The zero-order valence-electron chi connectivity index (χ0n) is 17.2. The highest BCUT2D eigenvalue weighted by Gasteiger charge is 2.17. The van der Waals surface area contributed by atoms with Crippen LogP contribution in [0.25, 0.3) is 11.5 Å². The SMILES string of the molecule is C=NN(Cc1ccc(-c2nnc(C(F)F)o2)cc1)/N=C(\C)c1ccc(OC)c(OC)c1. The van der Waals surface area contributed by atoms with Crippen LogP contribution >= 0.6 is 0 Å². The molecule has 0 atom stereocenters. The molecule has 0 aliphatic rings. The highest BCUT2D eigenvalue weighted by atomic mass is 19.3. The second kappa shape index (κ2) is 9.79. The van der Waals surface area contributed by atoms with Gasteiger partial charge in [-0.05, 0) is 42.8 Å². The van der Waals surface area contributed by atoms with Crippen LogP contribution in [0.5, 0.6) is 11.5 Å². The summed E-state index contributed by atoms with van der Waals surface area (Å²) in [5.74, 6) is 0.544. The molecule has 0 saturated carbocycles. The van der Waals surface area contributed by atoms with Gasteiger partial charge in [0.1, 0.15) is 0 Å². The zero-order valence-corrected chi connectivity index (χ0v) is 17.2. The number of hydrogen-bond donors (Lipinski definition) is 0. The number of alkyl halides is 2. The lowest BCUT2D eigenvalue weighted by Gasteiger charge is -2.15. The Labute approximate surface area is 177 Å². The molecule has 3 rings (SSSR count). The number of nitrogens with zero attached hydrogens (tertiary/aromatic N) is 5. The van der Waals surface area contributed by atoms with Gasteiger partial charge >= 0.3 is 6.43 Å². The maximum atomic E-state index is 12.6. The third kappa shape index (κ3) is 5.21. The Kier molecular flexibility index (Phi) is 6.91.